The molecule has 0 unspecified atom stereocenters. The third-order valence-corrected chi connectivity index (χ3v) is 1.74. The van der Waals surface area contributed by atoms with Gasteiger partial charge in [0, 0.05) is 12.1 Å². The van der Waals surface area contributed by atoms with Crippen molar-refractivity contribution in [2.75, 3.05) is 7.05 Å². The molecule has 0 heterocycles. The van der Waals surface area contributed by atoms with E-state index in [2.05, 4.69) is 5.32 Å². The Bertz CT molecular complexity index is 264. The van der Waals surface area contributed by atoms with Gasteiger partial charge in [-0.25, -0.2) is 0 Å². The molecule has 0 fully saturated rings. The second-order valence-electron chi connectivity index (χ2n) is 2.78. The van der Waals surface area contributed by atoms with Crippen LogP contribution in [-0.2, 0) is 6.54 Å². The summed E-state index contributed by atoms with van der Waals surface area (Å²) in [5, 5.41) is 3.05. The quantitative estimate of drug-likeness (QED) is 0.748. The molecule has 0 saturated heterocycles. The van der Waals surface area contributed by atoms with Crippen molar-refractivity contribution in [3.63, 3.8) is 0 Å². The Morgan fingerprint density at radius 3 is 2.07 bits per heavy atom. The second-order valence-corrected chi connectivity index (χ2v) is 2.78. The van der Waals surface area contributed by atoms with E-state index in [1.807, 2.05) is 45.2 Å². The maximum atomic E-state index is 10.9. The molecule has 2 nitrogen and oxygen atoms in total. The highest BCUT2D eigenvalue weighted by atomic mass is 16.1. The van der Waals surface area contributed by atoms with Crippen molar-refractivity contribution in [1.82, 2.24) is 5.32 Å². The number of hydrogen-bond donors (Lipinski definition) is 1. The zero-order valence-electron chi connectivity index (χ0n) is 9.42. The normalized spacial score (nSPS) is 8.86. The molecule has 0 aromatic heterocycles. The van der Waals surface area contributed by atoms with Crippen LogP contribution in [-0.4, -0.2) is 12.8 Å². The summed E-state index contributed by atoms with van der Waals surface area (Å²) in [5.41, 5.74) is 1.97. The highest BCUT2D eigenvalue weighted by Crippen LogP contribution is 2.04. The molecule has 78 valence electrons. The van der Waals surface area contributed by atoms with Crippen LogP contribution in [0.25, 0.3) is 0 Å². The minimum absolute atomic E-state index is 0.117. The van der Waals surface area contributed by atoms with E-state index in [1.54, 1.807) is 6.92 Å². The van der Waals surface area contributed by atoms with Gasteiger partial charge in [-0.15, -0.1) is 0 Å². The van der Waals surface area contributed by atoms with Crippen molar-refractivity contribution in [2.24, 2.45) is 0 Å². The zero-order valence-corrected chi connectivity index (χ0v) is 9.42. The van der Waals surface area contributed by atoms with Crippen LogP contribution < -0.4 is 5.32 Å². The molecule has 0 bridgehead atoms. The average Bonchev–Trinajstić information content (AvgIpc) is 2.22. The van der Waals surface area contributed by atoms with Crippen LogP contribution in [0.4, 0.5) is 0 Å². The molecule has 1 N–H and O–H groups in total. The number of rotatable bonds is 3. The number of carbonyl (C=O) groups is 1. The van der Waals surface area contributed by atoms with Crippen molar-refractivity contribution >= 4 is 5.78 Å². The molecule has 1 rings (SSSR count). The Balaban J connectivity index is 0.000000791. The molecule has 1 aromatic rings. The topological polar surface area (TPSA) is 29.1 Å². The van der Waals surface area contributed by atoms with Gasteiger partial charge in [-0.3, -0.25) is 4.79 Å². The zero-order chi connectivity index (χ0) is 11.0. The Labute approximate surface area is 86.3 Å². The Kier molecular flexibility index (Phi) is 6.68. The van der Waals surface area contributed by atoms with Gasteiger partial charge in [0.1, 0.15) is 0 Å². The van der Waals surface area contributed by atoms with Crippen LogP contribution >= 0.6 is 0 Å². The fourth-order valence-corrected chi connectivity index (χ4v) is 1.06. The lowest BCUT2D eigenvalue weighted by Crippen LogP contribution is -2.05. The van der Waals surface area contributed by atoms with Gasteiger partial charge < -0.3 is 5.32 Å². The molecule has 0 aliphatic carbocycles. The first-order valence-electron chi connectivity index (χ1n) is 4.98. The molecule has 0 saturated carbocycles. The Morgan fingerprint density at radius 1 is 1.21 bits per heavy atom. The summed E-state index contributed by atoms with van der Waals surface area (Å²) in [7, 11) is 1.90. The molecule has 0 aliphatic heterocycles. The van der Waals surface area contributed by atoms with Crippen LogP contribution in [0.3, 0.4) is 0 Å². The number of ketones is 1. The highest BCUT2D eigenvalue weighted by Gasteiger charge is 1.97. The summed E-state index contributed by atoms with van der Waals surface area (Å²) in [6, 6.07) is 7.64. The van der Waals surface area contributed by atoms with E-state index in [1.165, 1.54) is 5.56 Å². The molecule has 0 amide bonds. The van der Waals surface area contributed by atoms with E-state index in [9.17, 15) is 4.79 Å². The van der Waals surface area contributed by atoms with E-state index in [0.717, 1.165) is 12.1 Å². The van der Waals surface area contributed by atoms with E-state index < -0.39 is 0 Å². The molecular formula is C12H19NO. The van der Waals surface area contributed by atoms with Crippen molar-refractivity contribution in [3.8, 4) is 0 Å². The summed E-state index contributed by atoms with van der Waals surface area (Å²) in [6.07, 6.45) is 0. The predicted octanol–water partition coefficient (Wildman–Crippen LogP) is 2.63. The Hall–Kier alpha value is -1.15. The molecular weight excluding hydrogens is 174 g/mol. The first-order chi connectivity index (χ1) is 6.74. The number of nitrogens with one attached hydrogen (secondary N) is 1. The first-order valence-corrected chi connectivity index (χ1v) is 4.98. The molecule has 0 atom stereocenters. The SMILES string of the molecule is CC.CNCc1ccc(C(C)=O)cc1. The van der Waals surface area contributed by atoms with E-state index >= 15 is 0 Å². The van der Waals surface area contributed by atoms with Gasteiger partial charge in [0.05, 0.1) is 0 Å². The summed E-state index contributed by atoms with van der Waals surface area (Å²) in [5.74, 6) is 0.117. The van der Waals surface area contributed by atoms with Crippen LogP contribution in [0.5, 0.6) is 0 Å². The standard InChI is InChI=1S/C10H13NO.C2H6/c1-8(12)10-5-3-9(4-6-10)7-11-2;1-2/h3-6,11H,7H2,1-2H3;1-2H3. The monoisotopic (exact) mass is 193 g/mol. The summed E-state index contributed by atoms with van der Waals surface area (Å²) < 4.78 is 0. The molecule has 1 aromatic carbocycles. The van der Waals surface area contributed by atoms with Gasteiger partial charge in [-0.2, -0.15) is 0 Å². The number of benzene rings is 1. The lowest BCUT2D eigenvalue weighted by atomic mass is 10.1. The number of carbonyl (C=O) groups excluding carboxylic acids is 1. The fourth-order valence-electron chi connectivity index (χ4n) is 1.06. The molecule has 0 spiro atoms. The summed E-state index contributed by atoms with van der Waals surface area (Å²) >= 11 is 0. The van der Waals surface area contributed by atoms with Gasteiger partial charge in [0.25, 0.3) is 0 Å². The molecule has 14 heavy (non-hydrogen) atoms. The van der Waals surface area contributed by atoms with Gasteiger partial charge in [0.2, 0.25) is 0 Å². The predicted molar refractivity (Wildman–Crippen MR) is 60.6 cm³/mol. The first kappa shape index (κ1) is 12.8. The highest BCUT2D eigenvalue weighted by molar-refractivity contribution is 5.93. The van der Waals surface area contributed by atoms with E-state index in [4.69, 9.17) is 0 Å². The minimum atomic E-state index is 0.117. The van der Waals surface area contributed by atoms with Crippen LogP contribution in [0.2, 0.25) is 0 Å². The second kappa shape index (κ2) is 7.27. The van der Waals surface area contributed by atoms with Crippen molar-refractivity contribution in [3.05, 3.63) is 35.4 Å². The largest absolute Gasteiger partial charge is 0.316 e. The van der Waals surface area contributed by atoms with Crippen LogP contribution in [0.1, 0.15) is 36.7 Å². The van der Waals surface area contributed by atoms with Gasteiger partial charge in [0.15, 0.2) is 5.78 Å². The lowest BCUT2D eigenvalue weighted by Gasteiger charge is -2.00. The van der Waals surface area contributed by atoms with Crippen molar-refractivity contribution in [1.29, 1.82) is 0 Å². The van der Waals surface area contributed by atoms with Crippen molar-refractivity contribution < 1.29 is 4.79 Å². The van der Waals surface area contributed by atoms with E-state index in [-0.39, 0.29) is 5.78 Å². The van der Waals surface area contributed by atoms with Crippen molar-refractivity contribution in [2.45, 2.75) is 27.3 Å². The Morgan fingerprint density at radius 2 is 1.71 bits per heavy atom. The van der Waals surface area contributed by atoms with Gasteiger partial charge >= 0.3 is 0 Å². The van der Waals surface area contributed by atoms with E-state index in [0.29, 0.717) is 0 Å². The van der Waals surface area contributed by atoms with Crippen LogP contribution in [0, 0.1) is 0 Å². The average molecular weight is 193 g/mol. The van der Waals surface area contributed by atoms with Gasteiger partial charge in [-0.1, -0.05) is 38.1 Å². The van der Waals surface area contributed by atoms with Gasteiger partial charge in [-0.05, 0) is 19.5 Å². The molecule has 2 heteroatoms. The minimum Gasteiger partial charge on any atom is -0.316 e. The molecule has 0 aliphatic rings. The maximum absolute atomic E-state index is 10.9. The third kappa shape index (κ3) is 4.19. The smallest absolute Gasteiger partial charge is 0.159 e. The maximum Gasteiger partial charge on any atom is 0.159 e. The lowest BCUT2D eigenvalue weighted by molar-refractivity contribution is 0.101. The number of Topliss-reactive ketones (excluding diaryl/α,β-unsaturated/α-hetero) is 1. The third-order valence-electron chi connectivity index (χ3n) is 1.74. The van der Waals surface area contributed by atoms with Crippen LogP contribution in [0.15, 0.2) is 24.3 Å². The summed E-state index contributed by atoms with van der Waals surface area (Å²) in [4.78, 5) is 10.9. The number of hydrogen-bond acceptors (Lipinski definition) is 2. The molecule has 0 radical (unpaired) electrons. The summed E-state index contributed by atoms with van der Waals surface area (Å²) in [6.45, 7) is 6.42. The fraction of sp³-hybridized carbons (Fsp3) is 0.417.